The van der Waals surface area contributed by atoms with Crippen LogP contribution in [-0.4, -0.2) is 31.2 Å². The zero-order valence-electron chi connectivity index (χ0n) is 11.6. The summed E-state index contributed by atoms with van der Waals surface area (Å²) >= 11 is 3.48. The van der Waals surface area contributed by atoms with Gasteiger partial charge in [0.15, 0.2) is 5.82 Å². The second-order valence-corrected chi connectivity index (χ2v) is 4.86. The number of aromatic nitrogens is 2. The number of rotatable bonds is 5. The molecule has 0 saturated heterocycles. The molecule has 0 unspecified atom stereocenters. The van der Waals surface area contributed by atoms with Crippen molar-refractivity contribution in [2.75, 3.05) is 26.6 Å². The van der Waals surface area contributed by atoms with Crippen LogP contribution in [0.4, 0.5) is 5.82 Å². The topological polar surface area (TPSA) is 56.3 Å². The Balaban J connectivity index is 2.46. The minimum Gasteiger partial charge on any atom is -0.497 e. The van der Waals surface area contributed by atoms with E-state index in [1.807, 2.05) is 31.3 Å². The van der Waals surface area contributed by atoms with Gasteiger partial charge in [-0.15, -0.1) is 0 Å². The maximum absolute atomic E-state index is 5.17. The molecule has 0 radical (unpaired) electrons. The first-order valence-corrected chi connectivity index (χ1v) is 6.86. The van der Waals surface area contributed by atoms with E-state index < -0.39 is 0 Å². The van der Waals surface area contributed by atoms with Crippen molar-refractivity contribution in [2.24, 2.45) is 0 Å². The summed E-state index contributed by atoms with van der Waals surface area (Å²) in [4.78, 5) is 9.03. The summed E-state index contributed by atoms with van der Waals surface area (Å²) in [5, 5.41) is 3.05. The van der Waals surface area contributed by atoms with Gasteiger partial charge in [-0.25, -0.2) is 9.97 Å². The zero-order valence-corrected chi connectivity index (χ0v) is 13.2. The molecule has 20 heavy (non-hydrogen) atoms. The molecule has 0 fully saturated rings. The van der Waals surface area contributed by atoms with Crippen molar-refractivity contribution in [1.82, 2.24) is 9.97 Å². The Morgan fingerprint density at radius 2 is 1.85 bits per heavy atom. The average molecular weight is 338 g/mol. The van der Waals surface area contributed by atoms with Crippen molar-refractivity contribution in [3.63, 3.8) is 0 Å². The van der Waals surface area contributed by atoms with E-state index in [1.54, 1.807) is 14.2 Å². The number of halogens is 1. The van der Waals surface area contributed by atoms with Crippen molar-refractivity contribution in [3.8, 4) is 17.1 Å². The Hall–Kier alpha value is -1.66. The standard InChI is InChI=1S/C14H16BrN3O2/c1-16-14-12(15)11(8-19-2)17-13(18-14)9-4-6-10(20-3)7-5-9/h4-7H,8H2,1-3H3,(H,16,17,18). The number of hydrogen-bond donors (Lipinski definition) is 1. The highest BCUT2D eigenvalue weighted by atomic mass is 79.9. The van der Waals surface area contributed by atoms with E-state index in [1.165, 1.54) is 0 Å². The lowest BCUT2D eigenvalue weighted by atomic mass is 10.2. The summed E-state index contributed by atoms with van der Waals surface area (Å²) < 4.78 is 11.1. The van der Waals surface area contributed by atoms with Gasteiger partial charge >= 0.3 is 0 Å². The van der Waals surface area contributed by atoms with Crippen molar-refractivity contribution in [2.45, 2.75) is 6.61 Å². The van der Waals surface area contributed by atoms with Gasteiger partial charge in [-0.1, -0.05) is 0 Å². The van der Waals surface area contributed by atoms with Gasteiger partial charge in [0.25, 0.3) is 0 Å². The second kappa shape index (κ2) is 6.67. The largest absolute Gasteiger partial charge is 0.497 e. The minimum atomic E-state index is 0.418. The summed E-state index contributed by atoms with van der Waals surface area (Å²) in [5.41, 5.74) is 1.73. The van der Waals surface area contributed by atoms with Crippen LogP contribution in [0, 0.1) is 0 Å². The number of nitrogens with zero attached hydrogens (tertiary/aromatic N) is 2. The summed E-state index contributed by atoms with van der Waals surface area (Å²) in [5.74, 6) is 2.18. The van der Waals surface area contributed by atoms with Gasteiger partial charge < -0.3 is 14.8 Å². The van der Waals surface area contributed by atoms with Gasteiger partial charge in [-0.05, 0) is 40.2 Å². The third kappa shape index (κ3) is 3.08. The normalized spacial score (nSPS) is 10.4. The molecule has 2 aromatic rings. The third-order valence-corrected chi connectivity index (χ3v) is 3.62. The molecule has 2 rings (SSSR count). The molecule has 0 aliphatic heterocycles. The average Bonchev–Trinajstić information content (AvgIpc) is 2.49. The molecule has 5 nitrogen and oxygen atoms in total. The van der Waals surface area contributed by atoms with Crippen LogP contribution >= 0.6 is 15.9 Å². The smallest absolute Gasteiger partial charge is 0.161 e. The number of hydrogen-bond acceptors (Lipinski definition) is 5. The van der Waals surface area contributed by atoms with Gasteiger partial charge in [0.1, 0.15) is 11.6 Å². The molecule has 0 aliphatic carbocycles. The Morgan fingerprint density at radius 3 is 2.40 bits per heavy atom. The van der Waals surface area contributed by atoms with Gasteiger partial charge in [0.05, 0.1) is 23.9 Å². The Labute approximate surface area is 126 Å². The van der Waals surface area contributed by atoms with Crippen molar-refractivity contribution in [3.05, 3.63) is 34.4 Å². The van der Waals surface area contributed by atoms with Crippen LogP contribution in [0.1, 0.15) is 5.69 Å². The monoisotopic (exact) mass is 337 g/mol. The van der Waals surface area contributed by atoms with E-state index in [4.69, 9.17) is 9.47 Å². The molecule has 6 heteroatoms. The van der Waals surface area contributed by atoms with Crippen LogP contribution < -0.4 is 10.1 Å². The first-order chi connectivity index (χ1) is 9.69. The lowest BCUT2D eigenvalue weighted by Gasteiger charge is -2.11. The molecule has 1 heterocycles. The minimum absolute atomic E-state index is 0.418. The third-order valence-electron chi connectivity index (χ3n) is 2.79. The molecule has 0 amide bonds. The Kier molecular flexibility index (Phi) is 4.92. The van der Waals surface area contributed by atoms with Gasteiger partial charge in [0, 0.05) is 19.7 Å². The van der Waals surface area contributed by atoms with Crippen LogP contribution in [0.5, 0.6) is 5.75 Å². The molecule has 0 atom stereocenters. The highest BCUT2D eigenvalue weighted by molar-refractivity contribution is 9.10. The van der Waals surface area contributed by atoms with E-state index in [2.05, 4.69) is 31.2 Å². The molecule has 1 aromatic heterocycles. The van der Waals surface area contributed by atoms with Gasteiger partial charge in [0.2, 0.25) is 0 Å². The molecule has 1 aromatic carbocycles. The van der Waals surface area contributed by atoms with E-state index in [-0.39, 0.29) is 0 Å². The maximum atomic E-state index is 5.17. The van der Waals surface area contributed by atoms with Crippen LogP contribution in [0.3, 0.4) is 0 Å². The molecular weight excluding hydrogens is 322 g/mol. The van der Waals surface area contributed by atoms with Crippen LogP contribution in [-0.2, 0) is 11.3 Å². The molecule has 0 aliphatic rings. The second-order valence-electron chi connectivity index (χ2n) is 4.07. The van der Waals surface area contributed by atoms with Crippen LogP contribution in [0.25, 0.3) is 11.4 Å². The summed E-state index contributed by atoms with van der Waals surface area (Å²) in [6, 6.07) is 7.63. The zero-order chi connectivity index (χ0) is 14.5. The number of nitrogens with one attached hydrogen (secondary N) is 1. The predicted molar refractivity (Wildman–Crippen MR) is 82.0 cm³/mol. The molecule has 106 valence electrons. The Morgan fingerprint density at radius 1 is 1.15 bits per heavy atom. The highest BCUT2D eigenvalue weighted by Crippen LogP contribution is 2.28. The Bertz CT molecular complexity index is 588. The maximum Gasteiger partial charge on any atom is 0.161 e. The van der Waals surface area contributed by atoms with Crippen LogP contribution in [0.2, 0.25) is 0 Å². The summed E-state index contributed by atoms with van der Waals surface area (Å²) in [6.45, 7) is 0.418. The highest BCUT2D eigenvalue weighted by Gasteiger charge is 2.12. The lowest BCUT2D eigenvalue weighted by molar-refractivity contribution is 0.181. The van der Waals surface area contributed by atoms with Gasteiger partial charge in [-0.2, -0.15) is 0 Å². The van der Waals surface area contributed by atoms with E-state index in [0.717, 1.165) is 27.3 Å². The van der Waals surface area contributed by atoms with Gasteiger partial charge in [-0.3, -0.25) is 0 Å². The molecule has 0 bridgehead atoms. The molecule has 0 saturated carbocycles. The van der Waals surface area contributed by atoms with E-state index >= 15 is 0 Å². The van der Waals surface area contributed by atoms with Crippen molar-refractivity contribution in [1.29, 1.82) is 0 Å². The van der Waals surface area contributed by atoms with Crippen LogP contribution in [0.15, 0.2) is 28.7 Å². The first-order valence-electron chi connectivity index (χ1n) is 6.07. The van der Waals surface area contributed by atoms with Crippen molar-refractivity contribution < 1.29 is 9.47 Å². The fraction of sp³-hybridized carbons (Fsp3) is 0.286. The predicted octanol–water partition coefficient (Wildman–Crippen LogP) is 3.10. The summed E-state index contributed by atoms with van der Waals surface area (Å²) in [7, 11) is 5.10. The molecule has 1 N–H and O–H groups in total. The SMILES string of the molecule is CNc1nc(-c2ccc(OC)cc2)nc(COC)c1Br. The number of ether oxygens (including phenoxy) is 2. The summed E-state index contributed by atoms with van der Waals surface area (Å²) in [6.07, 6.45) is 0. The molecular formula is C14H16BrN3O2. The first kappa shape index (κ1) is 14.7. The quantitative estimate of drug-likeness (QED) is 0.908. The fourth-order valence-electron chi connectivity index (χ4n) is 1.76. The number of anilines is 1. The van der Waals surface area contributed by atoms with E-state index in [0.29, 0.717) is 12.4 Å². The number of methoxy groups -OCH3 is 2. The fourth-order valence-corrected chi connectivity index (χ4v) is 2.25. The van der Waals surface area contributed by atoms with Crippen molar-refractivity contribution >= 4 is 21.7 Å². The number of benzene rings is 1. The lowest BCUT2D eigenvalue weighted by Crippen LogP contribution is -2.04. The van der Waals surface area contributed by atoms with E-state index in [9.17, 15) is 0 Å². The molecule has 0 spiro atoms.